The Morgan fingerprint density at radius 1 is 1.33 bits per heavy atom. The largest absolute Gasteiger partial charge is 0.371 e. The number of hydrogen-bond acceptors (Lipinski definition) is 4. The van der Waals surface area contributed by atoms with E-state index >= 15 is 0 Å². The van der Waals surface area contributed by atoms with Gasteiger partial charge < -0.3 is 14.7 Å². The highest BCUT2D eigenvalue weighted by Crippen LogP contribution is 2.23. The zero-order valence-electron chi connectivity index (χ0n) is 14.4. The summed E-state index contributed by atoms with van der Waals surface area (Å²) in [6, 6.07) is 10.5. The Morgan fingerprint density at radius 2 is 2.12 bits per heavy atom. The second-order valence-corrected chi connectivity index (χ2v) is 6.54. The van der Waals surface area contributed by atoms with Crippen LogP contribution in [0.5, 0.6) is 0 Å². The number of amides is 1. The van der Waals surface area contributed by atoms with Crippen molar-refractivity contribution >= 4 is 11.6 Å². The molecule has 2 aromatic rings. The summed E-state index contributed by atoms with van der Waals surface area (Å²) < 4.78 is 5.14. The van der Waals surface area contributed by atoms with Crippen molar-refractivity contribution in [3.63, 3.8) is 0 Å². The monoisotopic (exact) mass is 327 g/mol. The molecule has 1 atom stereocenters. The summed E-state index contributed by atoms with van der Waals surface area (Å²) in [6.45, 7) is 6.63. The molecule has 0 saturated carbocycles. The van der Waals surface area contributed by atoms with Crippen molar-refractivity contribution in [2.75, 3.05) is 24.5 Å². The highest BCUT2D eigenvalue weighted by molar-refractivity contribution is 5.76. The van der Waals surface area contributed by atoms with Crippen LogP contribution in [0, 0.1) is 19.8 Å². The molecule has 1 saturated heterocycles. The first-order chi connectivity index (χ1) is 11.6. The predicted molar refractivity (Wildman–Crippen MR) is 94.1 cm³/mol. The molecule has 3 rings (SSSR count). The van der Waals surface area contributed by atoms with E-state index < -0.39 is 0 Å². The summed E-state index contributed by atoms with van der Waals surface area (Å²) in [5.41, 5.74) is 3.21. The van der Waals surface area contributed by atoms with Crippen LogP contribution in [0.2, 0.25) is 0 Å². The van der Waals surface area contributed by atoms with Gasteiger partial charge in [-0.15, -0.1) is 0 Å². The number of nitrogens with zero attached hydrogens (tertiary/aromatic N) is 2. The van der Waals surface area contributed by atoms with Gasteiger partial charge in [0.05, 0.1) is 5.69 Å². The molecule has 0 aliphatic carbocycles. The minimum Gasteiger partial charge on any atom is -0.371 e. The molecule has 0 spiro atoms. The number of aromatic nitrogens is 1. The third-order valence-corrected chi connectivity index (χ3v) is 4.78. The van der Waals surface area contributed by atoms with E-state index in [1.165, 1.54) is 5.69 Å². The zero-order valence-corrected chi connectivity index (χ0v) is 14.4. The number of carbonyl (C=O) groups excluding carboxylic acids is 1. The molecule has 1 fully saturated rings. The Morgan fingerprint density at radius 3 is 2.83 bits per heavy atom. The first-order valence-electron chi connectivity index (χ1n) is 8.62. The summed E-state index contributed by atoms with van der Waals surface area (Å²) in [4.78, 5) is 14.5. The van der Waals surface area contributed by atoms with Crippen molar-refractivity contribution in [1.29, 1.82) is 0 Å². The summed E-state index contributed by atoms with van der Waals surface area (Å²) >= 11 is 0. The third kappa shape index (κ3) is 3.96. The highest BCUT2D eigenvalue weighted by Gasteiger charge is 2.23. The maximum Gasteiger partial charge on any atom is 0.220 e. The van der Waals surface area contributed by atoms with Gasteiger partial charge in [-0.1, -0.05) is 23.4 Å². The number of rotatable bonds is 6. The summed E-state index contributed by atoms with van der Waals surface area (Å²) in [5.74, 6) is 1.44. The first-order valence-corrected chi connectivity index (χ1v) is 8.62. The maximum absolute atomic E-state index is 12.1. The van der Waals surface area contributed by atoms with Crippen LogP contribution in [0.4, 0.5) is 5.69 Å². The lowest BCUT2D eigenvalue weighted by atomic mass is 10.1. The number of nitrogens with one attached hydrogen (secondary N) is 1. The maximum atomic E-state index is 12.1. The van der Waals surface area contributed by atoms with E-state index in [1.807, 2.05) is 19.9 Å². The first kappa shape index (κ1) is 16.6. The number of para-hydroxylation sites is 1. The van der Waals surface area contributed by atoms with Crippen LogP contribution >= 0.6 is 0 Å². The molecular formula is C19H25N3O2. The van der Waals surface area contributed by atoms with Crippen molar-refractivity contribution in [2.24, 2.45) is 5.92 Å². The second-order valence-electron chi connectivity index (χ2n) is 6.54. The van der Waals surface area contributed by atoms with Crippen molar-refractivity contribution < 1.29 is 9.32 Å². The molecule has 1 aliphatic rings. The minimum atomic E-state index is 0.105. The van der Waals surface area contributed by atoms with Crippen molar-refractivity contribution in [3.05, 3.63) is 47.3 Å². The van der Waals surface area contributed by atoms with Crippen LogP contribution in [0.15, 0.2) is 34.9 Å². The van der Waals surface area contributed by atoms with E-state index in [-0.39, 0.29) is 5.91 Å². The number of benzene rings is 1. The lowest BCUT2D eigenvalue weighted by molar-refractivity contribution is -0.121. The molecule has 1 aromatic carbocycles. The van der Waals surface area contributed by atoms with Gasteiger partial charge in [-0.3, -0.25) is 4.79 Å². The van der Waals surface area contributed by atoms with Crippen LogP contribution in [-0.2, 0) is 11.2 Å². The van der Waals surface area contributed by atoms with Crippen molar-refractivity contribution in [1.82, 2.24) is 10.5 Å². The molecule has 5 nitrogen and oxygen atoms in total. The van der Waals surface area contributed by atoms with Crippen LogP contribution in [0.1, 0.15) is 29.9 Å². The van der Waals surface area contributed by atoms with Crippen LogP contribution in [-0.4, -0.2) is 30.7 Å². The van der Waals surface area contributed by atoms with Crippen molar-refractivity contribution in [2.45, 2.75) is 33.1 Å². The van der Waals surface area contributed by atoms with Crippen LogP contribution in [0.3, 0.4) is 0 Å². The Hall–Kier alpha value is -2.30. The van der Waals surface area contributed by atoms with Crippen LogP contribution in [0.25, 0.3) is 0 Å². The second kappa shape index (κ2) is 7.51. The third-order valence-electron chi connectivity index (χ3n) is 4.78. The van der Waals surface area contributed by atoms with Gasteiger partial charge >= 0.3 is 0 Å². The quantitative estimate of drug-likeness (QED) is 0.886. The fourth-order valence-electron chi connectivity index (χ4n) is 3.32. The standard InChI is InChI=1S/C19H25N3O2/c1-14-18(15(2)24-21-14)8-9-19(23)20-12-16-10-11-22(13-16)17-6-4-3-5-7-17/h3-7,16H,8-13H2,1-2H3,(H,20,23). The smallest absolute Gasteiger partial charge is 0.220 e. The molecule has 1 aliphatic heterocycles. The molecule has 0 bridgehead atoms. The summed E-state index contributed by atoms with van der Waals surface area (Å²) in [6.07, 6.45) is 2.30. The van der Waals surface area contributed by atoms with Crippen molar-refractivity contribution in [3.8, 4) is 0 Å². The molecule has 128 valence electrons. The molecule has 1 amide bonds. The predicted octanol–water partition coefficient (Wildman–Crippen LogP) is 2.87. The molecule has 24 heavy (non-hydrogen) atoms. The Bertz CT molecular complexity index is 662. The molecular weight excluding hydrogens is 302 g/mol. The van der Waals surface area contributed by atoms with Crippen LogP contribution < -0.4 is 10.2 Å². The van der Waals surface area contributed by atoms with Gasteiger partial charge in [0.25, 0.3) is 0 Å². The molecule has 1 aromatic heterocycles. The van der Waals surface area contributed by atoms with E-state index in [9.17, 15) is 4.79 Å². The van der Waals surface area contributed by atoms with Gasteiger partial charge in [0.2, 0.25) is 5.91 Å². The normalized spacial score (nSPS) is 17.2. The van der Waals surface area contributed by atoms with E-state index in [4.69, 9.17) is 4.52 Å². The average molecular weight is 327 g/mol. The zero-order chi connectivity index (χ0) is 16.9. The lowest BCUT2D eigenvalue weighted by Crippen LogP contribution is -2.31. The number of hydrogen-bond donors (Lipinski definition) is 1. The fraction of sp³-hybridized carbons (Fsp3) is 0.474. The van der Waals surface area contributed by atoms with Gasteiger partial charge in [-0.05, 0) is 44.7 Å². The Labute approximate surface area is 143 Å². The van der Waals surface area contributed by atoms with Gasteiger partial charge in [-0.2, -0.15) is 0 Å². The number of anilines is 1. The minimum absolute atomic E-state index is 0.105. The fourth-order valence-corrected chi connectivity index (χ4v) is 3.32. The van der Waals surface area contributed by atoms with E-state index in [1.54, 1.807) is 0 Å². The SMILES string of the molecule is Cc1noc(C)c1CCC(=O)NCC1CCN(c2ccccc2)C1. The molecule has 1 N–H and O–H groups in total. The summed E-state index contributed by atoms with van der Waals surface area (Å²) in [7, 11) is 0. The highest BCUT2D eigenvalue weighted by atomic mass is 16.5. The van der Waals surface area contributed by atoms with Gasteiger partial charge in [0.15, 0.2) is 0 Å². The van der Waals surface area contributed by atoms with E-state index in [2.05, 4.69) is 39.6 Å². The summed E-state index contributed by atoms with van der Waals surface area (Å²) in [5, 5.41) is 7.01. The molecule has 2 heterocycles. The van der Waals surface area contributed by atoms with Gasteiger partial charge in [0.1, 0.15) is 5.76 Å². The Balaban J connectivity index is 1.41. The average Bonchev–Trinajstić information content (AvgIpc) is 3.19. The van der Waals surface area contributed by atoms with E-state index in [0.29, 0.717) is 18.8 Å². The molecule has 1 unspecified atom stereocenters. The van der Waals surface area contributed by atoms with Gasteiger partial charge in [0, 0.05) is 37.3 Å². The Kier molecular flexibility index (Phi) is 5.18. The molecule has 0 radical (unpaired) electrons. The topological polar surface area (TPSA) is 58.4 Å². The van der Waals surface area contributed by atoms with Gasteiger partial charge in [-0.25, -0.2) is 0 Å². The number of carbonyl (C=O) groups is 1. The molecule has 5 heteroatoms. The number of aryl methyl sites for hydroxylation is 2. The van der Waals surface area contributed by atoms with E-state index in [0.717, 1.165) is 43.1 Å². The lowest BCUT2D eigenvalue weighted by Gasteiger charge is -2.18.